The topological polar surface area (TPSA) is 70.2 Å². The minimum atomic E-state index is -3.62. The van der Waals surface area contributed by atoms with E-state index in [1.165, 1.54) is 4.31 Å². The van der Waals surface area contributed by atoms with Crippen molar-refractivity contribution in [3.63, 3.8) is 0 Å². The van der Waals surface area contributed by atoms with Crippen LogP contribution in [0, 0.1) is 12.8 Å². The van der Waals surface area contributed by atoms with Gasteiger partial charge in [0.1, 0.15) is 5.75 Å². The van der Waals surface area contributed by atoms with Gasteiger partial charge in [-0.25, -0.2) is 8.42 Å². The highest BCUT2D eigenvalue weighted by atomic mass is 32.2. The van der Waals surface area contributed by atoms with Crippen molar-refractivity contribution in [2.45, 2.75) is 31.6 Å². The van der Waals surface area contributed by atoms with Gasteiger partial charge in [0.05, 0.1) is 17.9 Å². The predicted molar refractivity (Wildman–Crippen MR) is 108 cm³/mol. The maximum atomic E-state index is 13.1. The fourth-order valence-corrected chi connectivity index (χ4v) is 5.67. The lowest BCUT2D eigenvalue weighted by molar-refractivity contribution is -0.138. The Kier molecular flexibility index (Phi) is 6.62. The maximum absolute atomic E-state index is 13.1. The van der Waals surface area contributed by atoms with Crippen LogP contribution in [0.5, 0.6) is 5.75 Å². The molecule has 1 amide bonds. The number of hydrogen-bond acceptors (Lipinski definition) is 5. The predicted octanol–water partition coefficient (Wildman–Crippen LogP) is 1.57. The summed E-state index contributed by atoms with van der Waals surface area (Å²) < 4.78 is 32.9. The van der Waals surface area contributed by atoms with Gasteiger partial charge in [-0.3, -0.25) is 4.79 Å². The van der Waals surface area contributed by atoms with Crippen LogP contribution in [0.25, 0.3) is 0 Å². The van der Waals surface area contributed by atoms with Gasteiger partial charge < -0.3 is 14.5 Å². The van der Waals surface area contributed by atoms with E-state index in [1.807, 2.05) is 11.8 Å². The minimum Gasteiger partial charge on any atom is -0.496 e. The molecule has 28 heavy (non-hydrogen) atoms. The summed E-state index contributed by atoms with van der Waals surface area (Å²) in [5.41, 5.74) is 0.780. The van der Waals surface area contributed by atoms with Crippen LogP contribution in [0.1, 0.15) is 25.3 Å². The second kappa shape index (κ2) is 8.80. The molecule has 7 nitrogen and oxygen atoms in total. The molecule has 0 unspecified atom stereocenters. The summed E-state index contributed by atoms with van der Waals surface area (Å²) in [6, 6.07) is 4.90. The molecule has 2 aliphatic rings. The largest absolute Gasteiger partial charge is 0.496 e. The Bertz CT molecular complexity index is 804. The van der Waals surface area contributed by atoms with Crippen molar-refractivity contribution in [1.82, 2.24) is 14.1 Å². The molecule has 1 atom stereocenters. The zero-order valence-electron chi connectivity index (χ0n) is 17.1. The van der Waals surface area contributed by atoms with Crippen LogP contribution < -0.4 is 4.74 Å². The third kappa shape index (κ3) is 4.34. The summed E-state index contributed by atoms with van der Waals surface area (Å²) in [6.07, 6.45) is 1.46. The molecule has 0 N–H and O–H groups in total. The highest BCUT2D eigenvalue weighted by Gasteiger charge is 2.35. The maximum Gasteiger partial charge on any atom is 0.243 e. The van der Waals surface area contributed by atoms with Crippen molar-refractivity contribution in [3.8, 4) is 5.75 Å². The molecule has 3 rings (SSSR count). The van der Waals surface area contributed by atoms with Crippen molar-refractivity contribution in [2.75, 3.05) is 52.9 Å². The summed E-state index contributed by atoms with van der Waals surface area (Å²) >= 11 is 0. The lowest BCUT2D eigenvalue weighted by atomic mass is 9.98. The molecule has 2 saturated heterocycles. The summed E-state index contributed by atoms with van der Waals surface area (Å²) in [4.78, 5) is 17.5. The number of carbonyl (C=O) groups excluding carboxylic acids is 1. The zero-order valence-corrected chi connectivity index (χ0v) is 17.9. The molecule has 2 aliphatic heterocycles. The quantitative estimate of drug-likeness (QED) is 0.738. The molecule has 0 saturated carbocycles. The molecule has 8 heteroatoms. The first-order chi connectivity index (χ1) is 13.4. The third-order valence-electron chi connectivity index (χ3n) is 5.87. The van der Waals surface area contributed by atoms with Gasteiger partial charge in [-0.05, 0) is 50.1 Å². The van der Waals surface area contributed by atoms with E-state index in [0.29, 0.717) is 18.7 Å². The Morgan fingerprint density at radius 3 is 2.50 bits per heavy atom. The normalized spacial score (nSPS) is 22.2. The Balaban J connectivity index is 1.70. The van der Waals surface area contributed by atoms with Gasteiger partial charge in [-0.15, -0.1) is 0 Å². The SMILES string of the molecule is CCN1CCN(C(=O)[C@H]2CCCN(S(=O)(=O)c3ccc(OC)c(C)c3)C2)CC1. The fourth-order valence-electron chi connectivity index (χ4n) is 4.07. The van der Waals surface area contributed by atoms with Gasteiger partial charge in [0.15, 0.2) is 0 Å². The second-order valence-corrected chi connectivity index (χ2v) is 9.53. The Hall–Kier alpha value is -1.64. The highest BCUT2D eigenvalue weighted by molar-refractivity contribution is 7.89. The molecule has 2 fully saturated rings. The van der Waals surface area contributed by atoms with Crippen LogP contribution in [-0.2, 0) is 14.8 Å². The Morgan fingerprint density at radius 1 is 1.18 bits per heavy atom. The number of rotatable bonds is 5. The molecule has 156 valence electrons. The Labute approximate surface area is 168 Å². The molecule has 0 radical (unpaired) electrons. The van der Waals surface area contributed by atoms with Gasteiger partial charge in [-0.1, -0.05) is 6.92 Å². The minimum absolute atomic E-state index is 0.0987. The van der Waals surface area contributed by atoms with E-state index in [9.17, 15) is 13.2 Å². The number of methoxy groups -OCH3 is 1. The number of piperidine rings is 1. The standard InChI is InChI=1S/C20H31N3O4S/c1-4-21-10-12-22(13-11-21)20(24)17-6-5-9-23(15-17)28(25,26)18-7-8-19(27-3)16(2)14-18/h7-8,14,17H,4-6,9-13,15H2,1-3H3/t17-/m0/s1. The summed E-state index contributed by atoms with van der Waals surface area (Å²) in [5, 5.41) is 0. The van der Waals surface area contributed by atoms with E-state index in [1.54, 1.807) is 25.3 Å². The highest BCUT2D eigenvalue weighted by Crippen LogP contribution is 2.28. The third-order valence-corrected chi connectivity index (χ3v) is 7.73. The summed E-state index contributed by atoms with van der Waals surface area (Å²) in [7, 11) is -2.05. The van der Waals surface area contributed by atoms with Crippen LogP contribution in [0.4, 0.5) is 0 Å². The number of aryl methyl sites for hydroxylation is 1. The first kappa shape index (κ1) is 21.1. The monoisotopic (exact) mass is 409 g/mol. The molecule has 0 aliphatic carbocycles. The van der Waals surface area contributed by atoms with Crippen molar-refractivity contribution >= 4 is 15.9 Å². The number of amides is 1. The average Bonchev–Trinajstić information content (AvgIpc) is 2.73. The van der Waals surface area contributed by atoms with Crippen LogP contribution in [0.3, 0.4) is 0 Å². The Morgan fingerprint density at radius 2 is 1.89 bits per heavy atom. The van der Waals surface area contributed by atoms with Crippen molar-refractivity contribution in [3.05, 3.63) is 23.8 Å². The van der Waals surface area contributed by atoms with E-state index in [2.05, 4.69) is 11.8 Å². The van der Waals surface area contributed by atoms with E-state index in [4.69, 9.17) is 4.74 Å². The van der Waals surface area contributed by atoms with Crippen molar-refractivity contribution in [1.29, 1.82) is 0 Å². The number of benzene rings is 1. The van der Waals surface area contributed by atoms with Crippen molar-refractivity contribution in [2.24, 2.45) is 5.92 Å². The molecule has 0 bridgehead atoms. The van der Waals surface area contributed by atoms with Crippen LogP contribution in [0.2, 0.25) is 0 Å². The number of nitrogens with zero attached hydrogens (tertiary/aromatic N) is 3. The average molecular weight is 410 g/mol. The van der Waals surface area contributed by atoms with E-state index < -0.39 is 10.0 Å². The van der Waals surface area contributed by atoms with Gasteiger partial charge in [0.25, 0.3) is 0 Å². The first-order valence-electron chi connectivity index (χ1n) is 10.0. The van der Waals surface area contributed by atoms with Crippen LogP contribution in [0.15, 0.2) is 23.1 Å². The van der Waals surface area contributed by atoms with E-state index >= 15 is 0 Å². The zero-order chi connectivity index (χ0) is 20.3. The lowest BCUT2D eigenvalue weighted by Crippen LogP contribution is -2.52. The fraction of sp³-hybridized carbons (Fsp3) is 0.650. The van der Waals surface area contributed by atoms with Gasteiger partial charge in [-0.2, -0.15) is 4.31 Å². The number of sulfonamides is 1. The molecular formula is C20H31N3O4S. The van der Waals surface area contributed by atoms with Crippen LogP contribution >= 0.6 is 0 Å². The number of hydrogen-bond donors (Lipinski definition) is 0. The molecule has 1 aromatic carbocycles. The number of carbonyl (C=O) groups is 1. The summed E-state index contributed by atoms with van der Waals surface area (Å²) in [6.45, 7) is 8.92. The van der Waals surface area contributed by atoms with E-state index in [0.717, 1.165) is 44.7 Å². The summed E-state index contributed by atoms with van der Waals surface area (Å²) in [5.74, 6) is 0.509. The van der Waals surface area contributed by atoms with Gasteiger partial charge >= 0.3 is 0 Å². The molecule has 0 spiro atoms. The molecule has 0 aromatic heterocycles. The van der Waals surface area contributed by atoms with Crippen molar-refractivity contribution < 1.29 is 17.9 Å². The van der Waals surface area contributed by atoms with Crippen LogP contribution in [-0.4, -0.2) is 81.4 Å². The molecular weight excluding hydrogens is 378 g/mol. The number of piperazine rings is 1. The number of ether oxygens (including phenoxy) is 1. The second-order valence-electron chi connectivity index (χ2n) is 7.59. The van der Waals surface area contributed by atoms with E-state index in [-0.39, 0.29) is 23.3 Å². The molecule has 2 heterocycles. The van der Waals surface area contributed by atoms with Gasteiger partial charge in [0.2, 0.25) is 15.9 Å². The number of likely N-dealkylation sites (N-methyl/N-ethyl adjacent to an activating group) is 1. The lowest BCUT2D eigenvalue weighted by Gasteiger charge is -2.38. The first-order valence-corrected chi connectivity index (χ1v) is 11.5. The smallest absolute Gasteiger partial charge is 0.243 e. The van der Waals surface area contributed by atoms with Gasteiger partial charge in [0, 0.05) is 39.3 Å². The molecule has 1 aromatic rings.